The smallest absolute Gasteiger partial charge is 0.313 e. The van der Waals surface area contributed by atoms with E-state index in [0.29, 0.717) is 6.61 Å². The number of hydrogen-bond donors (Lipinski definition) is 0. The number of carbonyl (C=O) groups is 1. The predicted molar refractivity (Wildman–Crippen MR) is 56.9 cm³/mol. The summed E-state index contributed by atoms with van der Waals surface area (Å²) in [6.07, 6.45) is 4.13. The molecular formula is C12H20O2. The first-order chi connectivity index (χ1) is 6.46. The summed E-state index contributed by atoms with van der Waals surface area (Å²) in [5, 5.41) is 0. The molecule has 0 N–H and O–H groups in total. The molecule has 0 spiro atoms. The zero-order valence-corrected chi connectivity index (χ0v) is 9.59. The van der Waals surface area contributed by atoms with Crippen molar-refractivity contribution in [1.29, 1.82) is 0 Å². The highest BCUT2D eigenvalue weighted by Gasteiger charge is 2.33. The van der Waals surface area contributed by atoms with Crippen LogP contribution in [0.1, 0.15) is 40.5 Å². The van der Waals surface area contributed by atoms with Gasteiger partial charge in [-0.25, -0.2) is 0 Å². The summed E-state index contributed by atoms with van der Waals surface area (Å²) in [5.74, 6) is -0.0406. The molecule has 1 atom stereocenters. The molecule has 0 bridgehead atoms. The van der Waals surface area contributed by atoms with Crippen molar-refractivity contribution in [2.75, 3.05) is 6.61 Å². The topological polar surface area (TPSA) is 26.3 Å². The van der Waals surface area contributed by atoms with Gasteiger partial charge < -0.3 is 4.74 Å². The van der Waals surface area contributed by atoms with Crippen molar-refractivity contribution < 1.29 is 9.53 Å². The van der Waals surface area contributed by atoms with Gasteiger partial charge in [-0.3, -0.25) is 4.79 Å². The highest BCUT2D eigenvalue weighted by molar-refractivity contribution is 5.76. The first-order valence-corrected chi connectivity index (χ1v) is 5.34. The monoisotopic (exact) mass is 196 g/mol. The molecule has 1 rings (SSSR count). The largest absolute Gasteiger partial charge is 0.466 e. The van der Waals surface area contributed by atoms with E-state index in [1.165, 1.54) is 5.57 Å². The minimum Gasteiger partial charge on any atom is -0.466 e. The third kappa shape index (κ3) is 2.37. The van der Waals surface area contributed by atoms with Crippen LogP contribution in [0.2, 0.25) is 0 Å². The van der Waals surface area contributed by atoms with Crippen molar-refractivity contribution in [3.05, 3.63) is 11.6 Å². The quantitative estimate of drug-likeness (QED) is 0.501. The molecule has 1 aliphatic carbocycles. The fourth-order valence-electron chi connectivity index (χ4n) is 2.02. The van der Waals surface area contributed by atoms with Crippen LogP contribution >= 0.6 is 0 Å². The van der Waals surface area contributed by atoms with Gasteiger partial charge in [0.1, 0.15) is 0 Å². The van der Waals surface area contributed by atoms with Gasteiger partial charge in [0.2, 0.25) is 0 Å². The fourth-order valence-corrected chi connectivity index (χ4v) is 2.02. The molecule has 0 saturated heterocycles. The first kappa shape index (κ1) is 11.3. The number of hydrogen-bond acceptors (Lipinski definition) is 2. The van der Waals surface area contributed by atoms with Gasteiger partial charge >= 0.3 is 5.97 Å². The average molecular weight is 196 g/mol. The summed E-state index contributed by atoms with van der Waals surface area (Å²) in [6.45, 7) is 8.78. The maximum Gasteiger partial charge on any atom is 0.313 e. The number of rotatable bonds is 2. The lowest BCUT2D eigenvalue weighted by atomic mass is 9.80. The van der Waals surface area contributed by atoms with Crippen LogP contribution in [0.5, 0.6) is 0 Å². The first-order valence-electron chi connectivity index (χ1n) is 5.34. The average Bonchev–Trinajstić information content (AvgIpc) is 2.50. The summed E-state index contributed by atoms with van der Waals surface area (Å²) >= 11 is 0. The van der Waals surface area contributed by atoms with E-state index in [9.17, 15) is 4.79 Å². The number of allylic oxidation sites excluding steroid dienone is 1. The Morgan fingerprint density at radius 3 is 2.71 bits per heavy atom. The molecule has 0 aliphatic heterocycles. The van der Waals surface area contributed by atoms with Gasteiger partial charge in [0.15, 0.2) is 0 Å². The molecule has 0 amide bonds. The van der Waals surface area contributed by atoms with Gasteiger partial charge in [-0.15, -0.1) is 0 Å². The Hall–Kier alpha value is -0.790. The molecule has 1 unspecified atom stereocenters. The molecule has 80 valence electrons. The Morgan fingerprint density at radius 1 is 1.57 bits per heavy atom. The second-order valence-electron chi connectivity index (χ2n) is 4.79. The Bertz CT molecular complexity index is 246. The van der Waals surface area contributed by atoms with Crippen LogP contribution in [0.15, 0.2) is 11.6 Å². The molecule has 2 heteroatoms. The minimum atomic E-state index is -0.0498. The maximum atomic E-state index is 11.6. The summed E-state index contributed by atoms with van der Waals surface area (Å²) in [4.78, 5) is 11.6. The molecular weight excluding hydrogens is 176 g/mol. The van der Waals surface area contributed by atoms with E-state index in [2.05, 4.69) is 26.8 Å². The highest BCUT2D eigenvalue weighted by Crippen LogP contribution is 2.39. The van der Waals surface area contributed by atoms with Gasteiger partial charge in [-0.2, -0.15) is 0 Å². The number of ether oxygens (including phenoxy) is 1. The van der Waals surface area contributed by atoms with Gasteiger partial charge in [0, 0.05) is 0 Å². The zero-order chi connectivity index (χ0) is 10.8. The molecule has 1 aliphatic rings. The van der Waals surface area contributed by atoms with E-state index in [4.69, 9.17) is 4.74 Å². The van der Waals surface area contributed by atoms with E-state index in [1.807, 2.05) is 6.92 Å². The van der Waals surface area contributed by atoms with Crippen LogP contribution in [0, 0.1) is 11.3 Å². The van der Waals surface area contributed by atoms with Crippen molar-refractivity contribution in [3.8, 4) is 0 Å². The summed E-state index contributed by atoms with van der Waals surface area (Å²) in [6, 6.07) is 0. The molecule has 2 nitrogen and oxygen atoms in total. The van der Waals surface area contributed by atoms with Gasteiger partial charge in [-0.1, -0.05) is 32.4 Å². The third-order valence-electron chi connectivity index (χ3n) is 2.63. The summed E-state index contributed by atoms with van der Waals surface area (Å²) in [7, 11) is 0. The van der Waals surface area contributed by atoms with Crippen LogP contribution in [0.25, 0.3) is 0 Å². The van der Waals surface area contributed by atoms with Crippen molar-refractivity contribution >= 4 is 5.97 Å². The highest BCUT2D eigenvalue weighted by atomic mass is 16.5. The lowest BCUT2D eigenvalue weighted by Gasteiger charge is -2.25. The fraction of sp³-hybridized carbons (Fsp3) is 0.750. The molecule has 0 aromatic rings. The van der Waals surface area contributed by atoms with Gasteiger partial charge in [0.05, 0.1) is 12.5 Å². The van der Waals surface area contributed by atoms with Crippen LogP contribution < -0.4 is 0 Å². The molecule has 0 heterocycles. The minimum absolute atomic E-state index is 0.00921. The third-order valence-corrected chi connectivity index (χ3v) is 2.63. The standard InChI is InChI=1S/C12H20O2/c1-5-14-11(13)9-7-6-8-10(9)12(2,3)4/h8-9H,5-7H2,1-4H3. The molecule has 0 aromatic heterocycles. The van der Waals surface area contributed by atoms with E-state index in [1.54, 1.807) is 0 Å². The maximum absolute atomic E-state index is 11.6. The van der Waals surface area contributed by atoms with Crippen molar-refractivity contribution in [2.24, 2.45) is 11.3 Å². The lowest BCUT2D eigenvalue weighted by Crippen LogP contribution is -2.23. The molecule has 0 fully saturated rings. The molecule has 14 heavy (non-hydrogen) atoms. The Morgan fingerprint density at radius 2 is 2.21 bits per heavy atom. The summed E-state index contributed by atoms with van der Waals surface area (Å²) in [5.41, 5.74) is 1.34. The second-order valence-corrected chi connectivity index (χ2v) is 4.79. The van der Waals surface area contributed by atoms with E-state index < -0.39 is 0 Å². The molecule has 0 aromatic carbocycles. The molecule has 0 saturated carbocycles. The number of esters is 1. The van der Waals surface area contributed by atoms with Gasteiger partial charge in [-0.05, 0) is 25.2 Å². The Balaban J connectivity index is 2.73. The van der Waals surface area contributed by atoms with Crippen LogP contribution in [0.4, 0.5) is 0 Å². The van der Waals surface area contributed by atoms with E-state index in [0.717, 1.165) is 12.8 Å². The van der Waals surface area contributed by atoms with Crippen molar-refractivity contribution in [3.63, 3.8) is 0 Å². The second kappa shape index (κ2) is 4.16. The van der Waals surface area contributed by atoms with Gasteiger partial charge in [0.25, 0.3) is 0 Å². The number of carbonyl (C=O) groups excluding carboxylic acids is 1. The Kier molecular flexibility index (Phi) is 3.35. The van der Waals surface area contributed by atoms with Crippen LogP contribution in [-0.4, -0.2) is 12.6 Å². The normalized spacial score (nSPS) is 22.0. The van der Waals surface area contributed by atoms with Crippen molar-refractivity contribution in [1.82, 2.24) is 0 Å². The van der Waals surface area contributed by atoms with E-state index in [-0.39, 0.29) is 17.3 Å². The van der Waals surface area contributed by atoms with Crippen molar-refractivity contribution in [2.45, 2.75) is 40.5 Å². The predicted octanol–water partition coefficient (Wildman–Crippen LogP) is 2.93. The lowest BCUT2D eigenvalue weighted by molar-refractivity contribution is -0.146. The zero-order valence-electron chi connectivity index (χ0n) is 9.59. The summed E-state index contributed by atoms with van der Waals surface area (Å²) < 4.78 is 5.07. The van der Waals surface area contributed by atoms with E-state index >= 15 is 0 Å². The van der Waals surface area contributed by atoms with Crippen LogP contribution in [-0.2, 0) is 9.53 Å². The SMILES string of the molecule is CCOC(=O)C1CCC=C1C(C)(C)C. The Labute approximate surface area is 86.3 Å². The van der Waals surface area contributed by atoms with Crippen LogP contribution in [0.3, 0.4) is 0 Å². The molecule has 0 radical (unpaired) electrons.